The topological polar surface area (TPSA) is 38.8 Å². The summed E-state index contributed by atoms with van der Waals surface area (Å²) < 4.78 is 10.8. The molecule has 21 heavy (non-hydrogen) atoms. The van der Waals surface area contributed by atoms with E-state index in [1.165, 1.54) is 7.11 Å². The standard InChI is InChI=1S/C17H27NO3/c1-12(2)14-9-8-13(3)16(15(14)17(19)20-6)21-11-7-10-18(4)5/h8-9,12H,7,10-11H2,1-6H3. The number of aryl methyl sites for hydroxylation is 1. The number of carbonyl (C=O) groups is 1. The van der Waals surface area contributed by atoms with E-state index < -0.39 is 0 Å². The highest BCUT2D eigenvalue weighted by Crippen LogP contribution is 2.32. The molecule has 0 amide bonds. The molecule has 0 radical (unpaired) electrons. The number of esters is 1. The molecule has 4 nitrogen and oxygen atoms in total. The average molecular weight is 293 g/mol. The van der Waals surface area contributed by atoms with Crippen LogP contribution in [0.1, 0.15) is 47.7 Å². The van der Waals surface area contributed by atoms with Gasteiger partial charge in [-0.05, 0) is 44.5 Å². The predicted molar refractivity (Wildman–Crippen MR) is 85.3 cm³/mol. The van der Waals surface area contributed by atoms with Crippen molar-refractivity contribution in [3.8, 4) is 5.75 Å². The van der Waals surface area contributed by atoms with Crippen LogP contribution in [0, 0.1) is 6.92 Å². The Bertz CT molecular complexity index is 481. The molecule has 0 saturated heterocycles. The van der Waals surface area contributed by atoms with Crippen LogP contribution in [-0.2, 0) is 4.74 Å². The lowest BCUT2D eigenvalue weighted by Crippen LogP contribution is -2.17. The van der Waals surface area contributed by atoms with Crippen LogP contribution in [0.15, 0.2) is 12.1 Å². The first kappa shape index (κ1) is 17.5. The molecular weight excluding hydrogens is 266 g/mol. The first-order chi connectivity index (χ1) is 9.88. The summed E-state index contributed by atoms with van der Waals surface area (Å²) in [6, 6.07) is 3.99. The minimum Gasteiger partial charge on any atom is -0.492 e. The normalized spacial score (nSPS) is 11.0. The van der Waals surface area contributed by atoms with Crippen LogP contribution in [0.5, 0.6) is 5.75 Å². The van der Waals surface area contributed by atoms with E-state index in [1.54, 1.807) is 0 Å². The maximum absolute atomic E-state index is 12.1. The van der Waals surface area contributed by atoms with Crippen molar-refractivity contribution in [2.75, 3.05) is 34.4 Å². The van der Waals surface area contributed by atoms with Gasteiger partial charge in [-0.15, -0.1) is 0 Å². The number of hydrogen-bond donors (Lipinski definition) is 0. The molecule has 0 fully saturated rings. The zero-order valence-corrected chi connectivity index (χ0v) is 14.0. The summed E-state index contributed by atoms with van der Waals surface area (Å²) in [7, 11) is 5.47. The quantitative estimate of drug-likeness (QED) is 0.571. The number of nitrogens with zero attached hydrogens (tertiary/aromatic N) is 1. The Morgan fingerprint density at radius 3 is 2.48 bits per heavy atom. The fraction of sp³-hybridized carbons (Fsp3) is 0.588. The SMILES string of the molecule is COC(=O)c1c(C(C)C)ccc(C)c1OCCCN(C)C. The van der Waals surface area contributed by atoms with Gasteiger partial charge in [-0.1, -0.05) is 26.0 Å². The van der Waals surface area contributed by atoms with Crippen molar-refractivity contribution in [3.63, 3.8) is 0 Å². The molecule has 0 aliphatic rings. The Hall–Kier alpha value is -1.55. The Morgan fingerprint density at radius 1 is 1.29 bits per heavy atom. The monoisotopic (exact) mass is 293 g/mol. The van der Waals surface area contributed by atoms with Crippen molar-refractivity contribution >= 4 is 5.97 Å². The molecule has 0 aromatic heterocycles. The highest BCUT2D eigenvalue weighted by molar-refractivity contribution is 5.95. The van der Waals surface area contributed by atoms with E-state index in [0.29, 0.717) is 17.9 Å². The highest BCUT2D eigenvalue weighted by atomic mass is 16.5. The summed E-state index contributed by atoms with van der Waals surface area (Å²) in [6.07, 6.45) is 0.916. The maximum Gasteiger partial charge on any atom is 0.341 e. The molecule has 0 spiro atoms. The molecule has 1 aromatic carbocycles. The van der Waals surface area contributed by atoms with E-state index >= 15 is 0 Å². The minimum atomic E-state index is -0.329. The van der Waals surface area contributed by atoms with Crippen LogP contribution >= 0.6 is 0 Å². The minimum absolute atomic E-state index is 0.240. The lowest BCUT2D eigenvalue weighted by atomic mass is 9.94. The van der Waals surface area contributed by atoms with Crippen molar-refractivity contribution in [3.05, 3.63) is 28.8 Å². The van der Waals surface area contributed by atoms with E-state index in [2.05, 4.69) is 18.7 Å². The van der Waals surface area contributed by atoms with Crippen LogP contribution in [0.25, 0.3) is 0 Å². The van der Waals surface area contributed by atoms with Gasteiger partial charge in [0.2, 0.25) is 0 Å². The van der Waals surface area contributed by atoms with E-state index in [-0.39, 0.29) is 11.9 Å². The van der Waals surface area contributed by atoms with Crippen molar-refractivity contribution in [2.45, 2.75) is 33.1 Å². The van der Waals surface area contributed by atoms with Gasteiger partial charge in [0.15, 0.2) is 0 Å². The first-order valence-corrected chi connectivity index (χ1v) is 7.37. The second-order valence-corrected chi connectivity index (χ2v) is 5.83. The molecule has 0 heterocycles. The summed E-state index contributed by atoms with van der Waals surface area (Å²) in [6.45, 7) is 7.62. The Labute approximate surface area is 128 Å². The summed E-state index contributed by atoms with van der Waals surface area (Å²) in [5.74, 6) is 0.570. The van der Waals surface area contributed by atoms with Gasteiger partial charge in [-0.2, -0.15) is 0 Å². The number of ether oxygens (including phenoxy) is 2. The largest absolute Gasteiger partial charge is 0.492 e. The second-order valence-electron chi connectivity index (χ2n) is 5.83. The smallest absolute Gasteiger partial charge is 0.341 e. The van der Waals surface area contributed by atoms with E-state index in [1.807, 2.05) is 33.2 Å². The fourth-order valence-electron chi connectivity index (χ4n) is 2.24. The van der Waals surface area contributed by atoms with Gasteiger partial charge >= 0.3 is 5.97 Å². The van der Waals surface area contributed by atoms with Gasteiger partial charge < -0.3 is 14.4 Å². The van der Waals surface area contributed by atoms with Crippen LogP contribution in [-0.4, -0.2) is 45.2 Å². The first-order valence-electron chi connectivity index (χ1n) is 7.37. The number of rotatable bonds is 7. The summed E-state index contributed by atoms with van der Waals surface area (Å²) in [5, 5.41) is 0. The summed E-state index contributed by atoms with van der Waals surface area (Å²) in [5.41, 5.74) is 2.50. The number of methoxy groups -OCH3 is 1. The molecular formula is C17H27NO3. The van der Waals surface area contributed by atoms with E-state index in [0.717, 1.165) is 24.1 Å². The maximum atomic E-state index is 12.1. The van der Waals surface area contributed by atoms with Gasteiger partial charge in [-0.3, -0.25) is 0 Å². The van der Waals surface area contributed by atoms with Crippen LogP contribution in [0.4, 0.5) is 0 Å². The molecule has 1 aromatic rings. The van der Waals surface area contributed by atoms with E-state index in [4.69, 9.17) is 9.47 Å². The van der Waals surface area contributed by atoms with Gasteiger partial charge in [-0.25, -0.2) is 4.79 Å². The molecule has 0 bridgehead atoms. The number of benzene rings is 1. The van der Waals surface area contributed by atoms with Gasteiger partial charge in [0, 0.05) is 6.54 Å². The van der Waals surface area contributed by atoms with Crippen LogP contribution in [0.2, 0.25) is 0 Å². The second kappa shape index (κ2) is 8.03. The molecule has 1 rings (SSSR count). The lowest BCUT2D eigenvalue weighted by Gasteiger charge is -2.19. The fourth-order valence-corrected chi connectivity index (χ4v) is 2.24. The Balaban J connectivity index is 3.04. The van der Waals surface area contributed by atoms with Gasteiger partial charge in [0.1, 0.15) is 11.3 Å². The zero-order chi connectivity index (χ0) is 16.0. The number of carbonyl (C=O) groups excluding carboxylic acids is 1. The van der Waals surface area contributed by atoms with Gasteiger partial charge in [0.25, 0.3) is 0 Å². The third kappa shape index (κ3) is 4.74. The molecule has 0 unspecified atom stereocenters. The molecule has 0 saturated carbocycles. The third-order valence-electron chi connectivity index (χ3n) is 3.39. The van der Waals surface area contributed by atoms with E-state index in [9.17, 15) is 4.79 Å². The Kier molecular flexibility index (Phi) is 6.69. The van der Waals surface area contributed by atoms with Crippen LogP contribution in [0.3, 0.4) is 0 Å². The van der Waals surface area contributed by atoms with Crippen molar-refractivity contribution in [2.24, 2.45) is 0 Å². The summed E-state index contributed by atoms with van der Waals surface area (Å²) in [4.78, 5) is 14.3. The molecule has 0 aliphatic heterocycles. The molecule has 0 atom stereocenters. The molecule has 0 N–H and O–H groups in total. The zero-order valence-electron chi connectivity index (χ0n) is 14.0. The molecule has 0 aliphatic carbocycles. The summed E-state index contributed by atoms with van der Waals surface area (Å²) >= 11 is 0. The highest BCUT2D eigenvalue weighted by Gasteiger charge is 2.21. The van der Waals surface area contributed by atoms with Crippen molar-refractivity contribution < 1.29 is 14.3 Å². The average Bonchev–Trinajstić information content (AvgIpc) is 2.43. The Morgan fingerprint density at radius 2 is 1.95 bits per heavy atom. The van der Waals surface area contributed by atoms with Gasteiger partial charge in [0.05, 0.1) is 13.7 Å². The number of hydrogen-bond acceptors (Lipinski definition) is 4. The van der Waals surface area contributed by atoms with Crippen molar-refractivity contribution in [1.29, 1.82) is 0 Å². The lowest BCUT2D eigenvalue weighted by molar-refractivity contribution is 0.0594. The molecule has 4 heteroatoms. The van der Waals surface area contributed by atoms with Crippen molar-refractivity contribution in [1.82, 2.24) is 4.90 Å². The predicted octanol–water partition coefficient (Wildman–Crippen LogP) is 3.24. The van der Waals surface area contributed by atoms with Crippen LogP contribution < -0.4 is 4.74 Å². The third-order valence-corrected chi connectivity index (χ3v) is 3.39. The molecule has 118 valence electrons.